The van der Waals surface area contributed by atoms with Crippen LogP contribution in [0.3, 0.4) is 0 Å². The Morgan fingerprint density at radius 2 is 1.75 bits per heavy atom. The molecule has 3 nitrogen and oxygen atoms in total. The molecule has 146 valence electrons. The Kier molecular flexibility index (Phi) is 6.82. The van der Waals surface area contributed by atoms with Crippen LogP contribution in [-0.2, 0) is 22.7 Å². The second kappa shape index (κ2) is 9.31. The van der Waals surface area contributed by atoms with Crippen LogP contribution in [0.2, 0.25) is 10.0 Å². The number of halogens is 2. The molecule has 1 heterocycles. The molecule has 0 aliphatic carbocycles. The molecule has 0 bridgehead atoms. The van der Waals surface area contributed by atoms with Crippen LogP contribution in [-0.4, -0.2) is 10.5 Å². The Labute approximate surface area is 175 Å². The number of hydrogen-bond donors (Lipinski definition) is 0. The monoisotopic (exact) mass is 415 g/mol. The van der Waals surface area contributed by atoms with Gasteiger partial charge in [0.25, 0.3) is 0 Å². The fourth-order valence-electron chi connectivity index (χ4n) is 3.25. The molecule has 2 aromatic carbocycles. The van der Waals surface area contributed by atoms with Crippen LogP contribution in [0.25, 0.3) is 0 Å². The van der Waals surface area contributed by atoms with Gasteiger partial charge < -0.3 is 9.30 Å². The van der Waals surface area contributed by atoms with E-state index in [1.807, 2.05) is 73.3 Å². The lowest BCUT2D eigenvalue weighted by Crippen LogP contribution is -2.21. The smallest absolute Gasteiger partial charge is 0.315 e. The highest BCUT2D eigenvalue weighted by Crippen LogP contribution is 2.27. The van der Waals surface area contributed by atoms with Crippen LogP contribution < -0.4 is 0 Å². The molecule has 0 saturated carbocycles. The summed E-state index contributed by atoms with van der Waals surface area (Å²) >= 11 is 12.0. The van der Waals surface area contributed by atoms with Crippen LogP contribution in [0, 0.1) is 5.92 Å². The molecule has 1 aromatic heterocycles. The van der Waals surface area contributed by atoms with Crippen molar-refractivity contribution in [1.82, 2.24) is 4.57 Å². The number of rotatable bonds is 7. The van der Waals surface area contributed by atoms with E-state index in [1.54, 1.807) is 12.1 Å². The van der Waals surface area contributed by atoms with Gasteiger partial charge in [-0.1, -0.05) is 61.3 Å². The molecule has 0 radical (unpaired) electrons. The summed E-state index contributed by atoms with van der Waals surface area (Å²) in [6, 6.07) is 17.2. The molecular formula is C23H23Cl2NO2. The first-order valence-corrected chi connectivity index (χ1v) is 9.99. The van der Waals surface area contributed by atoms with Crippen molar-refractivity contribution < 1.29 is 9.53 Å². The summed E-state index contributed by atoms with van der Waals surface area (Å²) < 4.78 is 7.46. The number of carbonyl (C=O) groups excluding carboxylic acids is 1. The average molecular weight is 416 g/mol. The topological polar surface area (TPSA) is 31.2 Å². The van der Waals surface area contributed by atoms with Gasteiger partial charge in [0.05, 0.1) is 5.92 Å². The van der Waals surface area contributed by atoms with Gasteiger partial charge in [0.2, 0.25) is 0 Å². The SMILES string of the molecule is CC(C)C(C(=O)OCn1ccc(Cc2cccc(Cl)c2)c1)c1ccc(Cl)cc1. The molecule has 5 heteroatoms. The lowest BCUT2D eigenvalue weighted by atomic mass is 9.88. The summed E-state index contributed by atoms with van der Waals surface area (Å²) in [5.74, 6) is -0.432. The maximum absolute atomic E-state index is 12.7. The summed E-state index contributed by atoms with van der Waals surface area (Å²) in [6.07, 6.45) is 4.68. The van der Waals surface area contributed by atoms with Gasteiger partial charge in [-0.3, -0.25) is 4.79 Å². The van der Waals surface area contributed by atoms with E-state index in [-0.39, 0.29) is 24.5 Å². The van der Waals surface area contributed by atoms with Gasteiger partial charge >= 0.3 is 5.97 Å². The van der Waals surface area contributed by atoms with Crippen molar-refractivity contribution >= 4 is 29.2 Å². The minimum Gasteiger partial charge on any atom is -0.443 e. The van der Waals surface area contributed by atoms with Crippen molar-refractivity contribution in [1.29, 1.82) is 0 Å². The highest BCUT2D eigenvalue weighted by molar-refractivity contribution is 6.30. The van der Waals surface area contributed by atoms with E-state index < -0.39 is 0 Å². The molecule has 3 aromatic rings. The fraction of sp³-hybridized carbons (Fsp3) is 0.261. The standard InChI is InChI=1S/C23H23Cl2NO2/c1-16(2)22(19-6-8-20(24)9-7-19)23(27)28-15-26-11-10-18(14-26)12-17-4-3-5-21(25)13-17/h3-11,13-14,16,22H,12,15H2,1-2H3. The predicted molar refractivity (Wildman–Crippen MR) is 114 cm³/mol. The third-order valence-electron chi connectivity index (χ3n) is 4.61. The molecular weight excluding hydrogens is 393 g/mol. The lowest BCUT2D eigenvalue weighted by Gasteiger charge is -2.20. The van der Waals surface area contributed by atoms with Crippen molar-refractivity contribution in [2.45, 2.75) is 32.9 Å². The number of nitrogens with zero attached hydrogens (tertiary/aromatic N) is 1. The van der Waals surface area contributed by atoms with Gasteiger partial charge in [-0.2, -0.15) is 0 Å². The summed E-state index contributed by atoms with van der Waals surface area (Å²) in [6.45, 7) is 4.21. The van der Waals surface area contributed by atoms with Gasteiger partial charge in [0.15, 0.2) is 6.73 Å². The molecule has 0 N–H and O–H groups in total. The highest BCUT2D eigenvalue weighted by atomic mass is 35.5. The van der Waals surface area contributed by atoms with Gasteiger partial charge in [0.1, 0.15) is 0 Å². The Bertz CT molecular complexity index is 932. The van der Waals surface area contributed by atoms with Crippen LogP contribution in [0.4, 0.5) is 0 Å². The van der Waals surface area contributed by atoms with Gasteiger partial charge in [-0.15, -0.1) is 0 Å². The second-order valence-corrected chi connectivity index (χ2v) is 8.08. The molecule has 0 spiro atoms. The van der Waals surface area contributed by atoms with E-state index in [1.165, 1.54) is 0 Å². The summed E-state index contributed by atoms with van der Waals surface area (Å²) in [7, 11) is 0. The molecule has 0 aliphatic rings. The Hall–Kier alpha value is -2.23. The molecule has 28 heavy (non-hydrogen) atoms. The Morgan fingerprint density at radius 1 is 1.00 bits per heavy atom. The zero-order chi connectivity index (χ0) is 20.1. The molecule has 0 fully saturated rings. The third kappa shape index (κ3) is 5.40. The summed E-state index contributed by atoms with van der Waals surface area (Å²) in [4.78, 5) is 12.7. The van der Waals surface area contributed by atoms with Crippen molar-refractivity contribution in [3.05, 3.63) is 93.7 Å². The van der Waals surface area contributed by atoms with Crippen molar-refractivity contribution in [2.75, 3.05) is 0 Å². The van der Waals surface area contributed by atoms with Gasteiger partial charge in [-0.25, -0.2) is 0 Å². The summed E-state index contributed by atoms with van der Waals surface area (Å²) in [5, 5.41) is 1.38. The number of esters is 1. The first-order valence-electron chi connectivity index (χ1n) is 9.23. The Balaban J connectivity index is 1.62. The quantitative estimate of drug-likeness (QED) is 0.422. The normalized spacial score (nSPS) is 12.2. The lowest BCUT2D eigenvalue weighted by molar-refractivity contribution is -0.150. The molecule has 1 atom stereocenters. The fourth-order valence-corrected chi connectivity index (χ4v) is 3.59. The van der Waals surface area contributed by atoms with Crippen LogP contribution >= 0.6 is 23.2 Å². The van der Waals surface area contributed by atoms with E-state index in [0.29, 0.717) is 5.02 Å². The van der Waals surface area contributed by atoms with Crippen molar-refractivity contribution in [3.63, 3.8) is 0 Å². The molecule has 0 saturated heterocycles. The van der Waals surface area contributed by atoms with E-state index in [9.17, 15) is 4.79 Å². The molecule has 3 rings (SSSR count). The zero-order valence-electron chi connectivity index (χ0n) is 15.9. The van der Waals surface area contributed by atoms with Crippen LogP contribution in [0.5, 0.6) is 0 Å². The molecule has 0 aliphatic heterocycles. The number of hydrogen-bond acceptors (Lipinski definition) is 2. The minimum absolute atomic E-state index is 0.122. The molecule has 0 amide bonds. The predicted octanol–water partition coefficient (Wildman–Crippen LogP) is 6.33. The van der Waals surface area contributed by atoms with Crippen LogP contribution in [0.15, 0.2) is 67.0 Å². The van der Waals surface area contributed by atoms with E-state index in [2.05, 4.69) is 0 Å². The number of ether oxygens (including phenoxy) is 1. The maximum atomic E-state index is 12.7. The maximum Gasteiger partial charge on any atom is 0.315 e. The van der Waals surface area contributed by atoms with E-state index >= 15 is 0 Å². The zero-order valence-corrected chi connectivity index (χ0v) is 17.5. The van der Waals surface area contributed by atoms with Crippen molar-refractivity contribution in [2.24, 2.45) is 5.92 Å². The minimum atomic E-state index is -0.321. The van der Waals surface area contributed by atoms with E-state index in [4.69, 9.17) is 27.9 Å². The summed E-state index contributed by atoms with van der Waals surface area (Å²) in [5.41, 5.74) is 3.19. The number of aromatic nitrogens is 1. The van der Waals surface area contributed by atoms with Crippen LogP contribution in [0.1, 0.15) is 36.5 Å². The van der Waals surface area contributed by atoms with Gasteiger partial charge in [0, 0.05) is 22.4 Å². The number of benzene rings is 2. The third-order valence-corrected chi connectivity index (χ3v) is 5.10. The first-order chi connectivity index (χ1) is 13.4. The van der Waals surface area contributed by atoms with Crippen molar-refractivity contribution in [3.8, 4) is 0 Å². The molecule has 1 unspecified atom stereocenters. The first kappa shape index (κ1) is 20.5. The number of carbonyl (C=O) groups is 1. The second-order valence-electron chi connectivity index (χ2n) is 7.21. The van der Waals surface area contributed by atoms with Gasteiger partial charge in [-0.05, 0) is 59.4 Å². The van der Waals surface area contributed by atoms with E-state index in [0.717, 1.165) is 28.1 Å². The highest BCUT2D eigenvalue weighted by Gasteiger charge is 2.25. The largest absolute Gasteiger partial charge is 0.443 e. The average Bonchev–Trinajstić information content (AvgIpc) is 3.09. The Morgan fingerprint density at radius 3 is 2.43 bits per heavy atom.